The lowest BCUT2D eigenvalue weighted by atomic mass is 10.2. The van der Waals surface area contributed by atoms with Crippen molar-refractivity contribution in [3.63, 3.8) is 0 Å². The van der Waals surface area contributed by atoms with Crippen molar-refractivity contribution in [3.8, 4) is 11.5 Å². The molecular formula is C10H13NO2S. The van der Waals surface area contributed by atoms with Gasteiger partial charge in [-0.15, -0.1) is 0 Å². The van der Waals surface area contributed by atoms with Gasteiger partial charge in [-0.05, 0) is 24.6 Å². The monoisotopic (exact) mass is 211 g/mol. The van der Waals surface area contributed by atoms with E-state index in [1.165, 1.54) is 5.56 Å². The summed E-state index contributed by atoms with van der Waals surface area (Å²) in [5.41, 5.74) is 1.17. The molecule has 0 bridgehead atoms. The second kappa shape index (κ2) is 4.11. The Morgan fingerprint density at radius 3 is 3.14 bits per heavy atom. The maximum atomic E-state index is 5.72. The zero-order valence-corrected chi connectivity index (χ0v) is 8.88. The molecule has 1 N–H and O–H groups in total. The maximum absolute atomic E-state index is 5.72. The third-order valence-corrected chi connectivity index (χ3v) is 2.32. The highest BCUT2D eigenvalue weighted by Crippen LogP contribution is 2.32. The maximum Gasteiger partial charge on any atom is 0.162 e. The summed E-state index contributed by atoms with van der Waals surface area (Å²) in [5, 5.41) is 0. The fourth-order valence-electron chi connectivity index (χ4n) is 1.43. The number of rotatable bonds is 2. The lowest BCUT2D eigenvalue weighted by molar-refractivity contribution is 0.0948. The minimum Gasteiger partial charge on any atom is -0.486 e. The van der Waals surface area contributed by atoms with E-state index in [4.69, 9.17) is 9.47 Å². The van der Waals surface area contributed by atoms with Gasteiger partial charge in [0.15, 0.2) is 11.5 Å². The summed E-state index contributed by atoms with van der Waals surface area (Å²) < 4.78 is 14.0. The second-order valence-corrected chi connectivity index (χ2v) is 3.68. The molecule has 0 aliphatic carbocycles. The fourth-order valence-corrected chi connectivity index (χ4v) is 1.63. The lowest BCUT2D eigenvalue weighted by Gasteiger charge is -2.26. The van der Waals surface area contributed by atoms with Crippen molar-refractivity contribution in [3.05, 3.63) is 23.8 Å². The number of ether oxygens (including phenoxy) is 2. The van der Waals surface area contributed by atoms with Crippen molar-refractivity contribution in [2.75, 3.05) is 13.2 Å². The van der Waals surface area contributed by atoms with Gasteiger partial charge >= 0.3 is 0 Å². The minimum absolute atomic E-state index is 0.0433. The van der Waals surface area contributed by atoms with Crippen LogP contribution in [0.3, 0.4) is 0 Å². The topological polar surface area (TPSA) is 30.5 Å². The summed E-state index contributed by atoms with van der Waals surface area (Å²) in [7, 11) is 0. The van der Waals surface area contributed by atoms with E-state index in [1.54, 1.807) is 0 Å². The summed E-state index contributed by atoms with van der Waals surface area (Å²) in [5.74, 6) is 1.65. The molecule has 1 aliphatic rings. The molecule has 0 aromatic heterocycles. The van der Waals surface area contributed by atoms with Crippen molar-refractivity contribution in [1.29, 1.82) is 0 Å². The summed E-state index contributed by atoms with van der Waals surface area (Å²) >= 11 is 3.94. The Hall–Kier alpha value is -0.870. The van der Waals surface area contributed by atoms with Crippen LogP contribution in [0.1, 0.15) is 5.56 Å². The van der Waals surface area contributed by atoms with Crippen LogP contribution in [0.5, 0.6) is 11.5 Å². The Balaban J connectivity index is 2.16. The normalized spacial score (nSPS) is 19.4. The zero-order valence-electron chi connectivity index (χ0n) is 7.99. The molecule has 76 valence electrons. The zero-order chi connectivity index (χ0) is 9.97. The molecule has 0 fully saturated rings. The van der Waals surface area contributed by atoms with Gasteiger partial charge in [-0.2, -0.15) is 0 Å². The van der Waals surface area contributed by atoms with E-state index in [0.717, 1.165) is 11.5 Å². The van der Waals surface area contributed by atoms with Gasteiger partial charge in [0.1, 0.15) is 12.7 Å². The van der Waals surface area contributed by atoms with Gasteiger partial charge in [-0.25, -0.2) is 0 Å². The highest BCUT2D eigenvalue weighted by molar-refractivity contribution is 7.78. The van der Waals surface area contributed by atoms with Crippen LogP contribution < -0.4 is 14.2 Å². The number of hydrogen-bond donors (Lipinski definition) is 2. The van der Waals surface area contributed by atoms with Gasteiger partial charge in [-0.3, -0.25) is 4.72 Å². The predicted molar refractivity (Wildman–Crippen MR) is 58.1 cm³/mol. The first-order chi connectivity index (χ1) is 6.79. The van der Waals surface area contributed by atoms with Crippen LogP contribution in [-0.4, -0.2) is 19.3 Å². The quantitative estimate of drug-likeness (QED) is 0.728. The van der Waals surface area contributed by atoms with Crippen LogP contribution in [0.2, 0.25) is 0 Å². The lowest BCUT2D eigenvalue weighted by Crippen LogP contribution is -2.35. The number of benzene rings is 1. The van der Waals surface area contributed by atoms with Crippen LogP contribution >= 0.6 is 12.8 Å². The van der Waals surface area contributed by atoms with E-state index in [-0.39, 0.29) is 6.10 Å². The van der Waals surface area contributed by atoms with Crippen molar-refractivity contribution in [1.82, 2.24) is 4.72 Å². The first-order valence-electron chi connectivity index (χ1n) is 4.56. The smallest absolute Gasteiger partial charge is 0.162 e. The van der Waals surface area contributed by atoms with Crippen LogP contribution in [0.15, 0.2) is 18.2 Å². The van der Waals surface area contributed by atoms with Gasteiger partial charge in [0, 0.05) is 6.54 Å². The van der Waals surface area contributed by atoms with E-state index < -0.39 is 0 Å². The summed E-state index contributed by atoms with van der Waals surface area (Å²) in [4.78, 5) is 0. The van der Waals surface area contributed by atoms with Crippen LogP contribution in [0.4, 0.5) is 0 Å². The van der Waals surface area contributed by atoms with E-state index in [2.05, 4.69) is 17.5 Å². The van der Waals surface area contributed by atoms with Crippen molar-refractivity contribution in [2.45, 2.75) is 13.0 Å². The minimum atomic E-state index is 0.0433. The standard InChI is InChI=1S/C10H13NO2S/c1-7-2-3-9-10(4-7)13-8(5-11-14)6-12-9/h2-4,8,11,14H,5-6H2,1H3/t8-/m0/s1. The highest BCUT2D eigenvalue weighted by Gasteiger charge is 2.19. The average Bonchev–Trinajstić information content (AvgIpc) is 2.17. The number of fused-ring (bicyclic) bond motifs is 1. The first-order valence-corrected chi connectivity index (χ1v) is 5.01. The van der Waals surface area contributed by atoms with Crippen LogP contribution in [0, 0.1) is 6.92 Å². The van der Waals surface area contributed by atoms with Crippen molar-refractivity contribution < 1.29 is 9.47 Å². The summed E-state index contributed by atoms with van der Waals surface area (Å²) in [6, 6.07) is 5.94. The first kappa shape index (κ1) is 9.68. The molecule has 2 rings (SSSR count). The van der Waals surface area contributed by atoms with E-state index in [1.807, 2.05) is 25.1 Å². The molecule has 1 aromatic carbocycles. The Morgan fingerprint density at radius 1 is 1.50 bits per heavy atom. The van der Waals surface area contributed by atoms with Gasteiger partial charge < -0.3 is 9.47 Å². The predicted octanol–water partition coefficient (Wildman–Crippen LogP) is 1.57. The molecule has 1 aliphatic heterocycles. The Labute approximate surface area is 89.0 Å². The van der Waals surface area contributed by atoms with Gasteiger partial charge in [0.25, 0.3) is 0 Å². The molecule has 1 atom stereocenters. The number of thiol groups is 1. The molecular weight excluding hydrogens is 198 g/mol. The van der Waals surface area contributed by atoms with Crippen LogP contribution in [-0.2, 0) is 0 Å². The molecule has 4 heteroatoms. The van der Waals surface area contributed by atoms with E-state index in [9.17, 15) is 0 Å². The molecule has 3 nitrogen and oxygen atoms in total. The third kappa shape index (κ3) is 1.96. The number of hydrogen-bond acceptors (Lipinski definition) is 4. The average molecular weight is 211 g/mol. The van der Waals surface area contributed by atoms with Gasteiger partial charge in [0.05, 0.1) is 0 Å². The SMILES string of the molecule is Cc1ccc2c(c1)O[C@@H](CNS)CO2. The second-order valence-electron chi connectivity index (χ2n) is 3.36. The Morgan fingerprint density at radius 2 is 2.36 bits per heavy atom. The largest absolute Gasteiger partial charge is 0.486 e. The van der Waals surface area contributed by atoms with Gasteiger partial charge in [0.2, 0.25) is 0 Å². The van der Waals surface area contributed by atoms with E-state index >= 15 is 0 Å². The molecule has 0 radical (unpaired) electrons. The molecule has 0 spiro atoms. The molecule has 1 aromatic rings. The van der Waals surface area contributed by atoms with E-state index in [0.29, 0.717) is 13.2 Å². The molecule has 1 heterocycles. The highest BCUT2D eigenvalue weighted by atomic mass is 32.1. The summed E-state index contributed by atoms with van der Waals surface area (Å²) in [6.07, 6.45) is 0.0433. The third-order valence-electron chi connectivity index (χ3n) is 2.14. The van der Waals surface area contributed by atoms with Crippen LogP contribution in [0.25, 0.3) is 0 Å². The number of nitrogens with one attached hydrogen (secondary N) is 1. The fraction of sp³-hybridized carbons (Fsp3) is 0.400. The molecule has 0 saturated heterocycles. The van der Waals surface area contributed by atoms with Crippen molar-refractivity contribution >= 4 is 12.8 Å². The van der Waals surface area contributed by atoms with Gasteiger partial charge in [-0.1, -0.05) is 18.9 Å². The van der Waals surface area contributed by atoms with Crippen molar-refractivity contribution in [2.24, 2.45) is 0 Å². The molecule has 0 unspecified atom stereocenters. The molecule has 0 amide bonds. The Kier molecular flexibility index (Phi) is 2.84. The molecule has 14 heavy (non-hydrogen) atoms. The molecule has 0 saturated carbocycles. The Bertz CT molecular complexity index is 330. The number of aryl methyl sites for hydroxylation is 1. The summed E-state index contributed by atoms with van der Waals surface area (Å²) in [6.45, 7) is 3.28.